The highest BCUT2D eigenvalue weighted by molar-refractivity contribution is 9.10. The second kappa shape index (κ2) is 3.07. The molecule has 1 aromatic rings. The van der Waals surface area contributed by atoms with Crippen molar-refractivity contribution in [1.29, 1.82) is 0 Å². The summed E-state index contributed by atoms with van der Waals surface area (Å²) in [5, 5.41) is 0. The molecule has 1 aromatic carbocycles. The molecule has 1 aliphatic rings. The van der Waals surface area contributed by atoms with Gasteiger partial charge < -0.3 is 9.47 Å². The SMILES string of the molecule is COc1cc([C@@H]2CO2)ccc1Br. The average molecular weight is 229 g/mol. The lowest BCUT2D eigenvalue weighted by atomic mass is 10.1. The van der Waals surface area contributed by atoms with E-state index in [1.165, 1.54) is 5.56 Å². The molecule has 1 saturated heterocycles. The first-order valence-corrected chi connectivity index (χ1v) is 4.55. The second-order valence-corrected chi connectivity index (χ2v) is 3.57. The highest BCUT2D eigenvalue weighted by Crippen LogP contribution is 2.34. The first kappa shape index (κ1) is 8.08. The zero-order chi connectivity index (χ0) is 8.55. The van der Waals surface area contributed by atoms with E-state index in [4.69, 9.17) is 9.47 Å². The molecule has 0 N–H and O–H groups in total. The maximum Gasteiger partial charge on any atom is 0.133 e. The fourth-order valence-electron chi connectivity index (χ4n) is 1.12. The van der Waals surface area contributed by atoms with Crippen LogP contribution in [0.2, 0.25) is 0 Å². The third-order valence-electron chi connectivity index (χ3n) is 1.88. The molecule has 0 spiro atoms. The van der Waals surface area contributed by atoms with Crippen LogP contribution >= 0.6 is 15.9 Å². The van der Waals surface area contributed by atoms with E-state index < -0.39 is 0 Å². The minimum atomic E-state index is 0.298. The Labute approximate surface area is 79.6 Å². The number of epoxide rings is 1. The zero-order valence-electron chi connectivity index (χ0n) is 6.71. The van der Waals surface area contributed by atoms with Gasteiger partial charge >= 0.3 is 0 Å². The Hall–Kier alpha value is -0.540. The number of hydrogen-bond acceptors (Lipinski definition) is 2. The summed E-state index contributed by atoms with van der Waals surface area (Å²) in [5.74, 6) is 0.864. The summed E-state index contributed by atoms with van der Waals surface area (Å²) in [6, 6.07) is 6.03. The van der Waals surface area contributed by atoms with Crippen molar-refractivity contribution in [2.24, 2.45) is 0 Å². The Bertz CT molecular complexity index is 295. The van der Waals surface area contributed by atoms with Gasteiger partial charge in [0.2, 0.25) is 0 Å². The monoisotopic (exact) mass is 228 g/mol. The first-order chi connectivity index (χ1) is 5.81. The lowest BCUT2D eigenvalue weighted by Gasteiger charge is -2.04. The van der Waals surface area contributed by atoms with Crippen molar-refractivity contribution in [2.45, 2.75) is 6.10 Å². The highest BCUT2D eigenvalue weighted by Gasteiger charge is 2.25. The van der Waals surface area contributed by atoms with Crippen molar-refractivity contribution >= 4 is 15.9 Å². The van der Waals surface area contributed by atoms with Crippen molar-refractivity contribution < 1.29 is 9.47 Å². The number of ether oxygens (including phenoxy) is 2. The third kappa shape index (κ3) is 1.47. The third-order valence-corrected chi connectivity index (χ3v) is 2.54. The van der Waals surface area contributed by atoms with Crippen LogP contribution in [0.15, 0.2) is 22.7 Å². The van der Waals surface area contributed by atoms with Crippen LogP contribution in [-0.4, -0.2) is 13.7 Å². The maximum absolute atomic E-state index is 5.16. The molecule has 1 fully saturated rings. The number of rotatable bonds is 2. The zero-order valence-corrected chi connectivity index (χ0v) is 8.30. The predicted octanol–water partition coefficient (Wildman–Crippen LogP) is 2.53. The number of halogens is 1. The van der Waals surface area contributed by atoms with Crippen LogP contribution in [0, 0.1) is 0 Å². The first-order valence-electron chi connectivity index (χ1n) is 3.76. The van der Waals surface area contributed by atoms with Crippen LogP contribution in [0.1, 0.15) is 11.7 Å². The summed E-state index contributed by atoms with van der Waals surface area (Å²) in [6.45, 7) is 0.838. The van der Waals surface area contributed by atoms with Crippen LogP contribution in [0.5, 0.6) is 5.75 Å². The molecule has 0 radical (unpaired) electrons. The average Bonchev–Trinajstić information content (AvgIpc) is 2.88. The molecule has 0 aliphatic carbocycles. The molecule has 64 valence electrons. The van der Waals surface area contributed by atoms with Gasteiger partial charge in [-0.2, -0.15) is 0 Å². The van der Waals surface area contributed by atoms with E-state index in [1.54, 1.807) is 7.11 Å². The molecule has 0 amide bonds. The van der Waals surface area contributed by atoms with Crippen molar-refractivity contribution in [3.63, 3.8) is 0 Å². The van der Waals surface area contributed by atoms with E-state index in [9.17, 15) is 0 Å². The second-order valence-electron chi connectivity index (χ2n) is 2.72. The Morgan fingerprint density at radius 2 is 2.33 bits per heavy atom. The topological polar surface area (TPSA) is 21.8 Å². The summed E-state index contributed by atoms with van der Waals surface area (Å²) >= 11 is 3.39. The standard InChI is InChI=1S/C9H9BrO2/c1-11-8-4-6(9-5-12-9)2-3-7(8)10/h2-4,9H,5H2,1H3/t9-/m0/s1. The van der Waals surface area contributed by atoms with Crippen molar-refractivity contribution in [3.8, 4) is 5.75 Å². The van der Waals surface area contributed by atoms with Crippen LogP contribution in [0.4, 0.5) is 0 Å². The fourth-order valence-corrected chi connectivity index (χ4v) is 1.53. The van der Waals surface area contributed by atoms with Crippen molar-refractivity contribution in [2.75, 3.05) is 13.7 Å². The fraction of sp³-hybridized carbons (Fsp3) is 0.333. The molecule has 12 heavy (non-hydrogen) atoms. The summed E-state index contributed by atoms with van der Waals surface area (Å²) in [5.41, 5.74) is 1.19. The highest BCUT2D eigenvalue weighted by atomic mass is 79.9. The molecule has 2 nitrogen and oxygen atoms in total. The van der Waals surface area contributed by atoms with Gasteiger partial charge in [0.15, 0.2) is 0 Å². The van der Waals surface area contributed by atoms with Gasteiger partial charge in [-0.25, -0.2) is 0 Å². The van der Waals surface area contributed by atoms with Crippen LogP contribution in [0.25, 0.3) is 0 Å². The molecule has 0 aromatic heterocycles. The minimum Gasteiger partial charge on any atom is -0.496 e. The van der Waals surface area contributed by atoms with E-state index in [0.29, 0.717) is 6.10 Å². The van der Waals surface area contributed by atoms with Gasteiger partial charge in [0.05, 0.1) is 18.2 Å². The quantitative estimate of drug-likeness (QED) is 0.727. The minimum absolute atomic E-state index is 0.298. The molecule has 2 rings (SSSR count). The largest absolute Gasteiger partial charge is 0.496 e. The lowest BCUT2D eigenvalue weighted by Crippen LogP contribution is -1.87. The Balaban J connectivity index is 2.33. The van der Waals surface area contributed by atoms with Gasteiger partial charge in [-0.1, -0.05) is 6.07 Å². The molecule has 0 saturated carbocycles. The number of benzene rings is 1. The van der Waals surface area contributed by atoms with E-state index in [2.05, 4.69) is 15.9 Å². The Morgan fingerprint density at radius 1 is 1.58 bits per heavy atom. The predicted molar refractivity (Wildman–Crippen MR) is 49.4 cm³/mol. The summed E-state index contributed by atoms with van der Waals surface area (Å²) in [7, 11) is 1.66. The van der Waals surface area contributed by atoms with E-state index in [0.717, 1.165) is 16.8 Å². The van der Waals surface area contributed by atoms with Crippen molar-refractivity contribution in [3.05, 3.63) is 28.2 Å². The molecule has 0 unspecified atom stereocenters. The number of hydrogen-bond donors (Lipinski definition) is 0. The Morgan fingerprint density at radius 3 is 2.92 bits per heavy atom. The molecule has 1 heterocycles. The van der Waals surface area contributed by atoms with Gasteiger partial charge in [0, 0.05) is 0 Å². The van der Waals surface area contributed by atoms with E-state index in [-0.39, 0.29) is 0 Å². The smallest absolute Gasteiger partial charge is 0.133 e. The molecular formula is C9H9BrO2. The van der Waals surface area contributed by atoms with E-state index >= 15 is 0 Å². The van der Waals surface area contributed by atoms with Gasteiger partial charge in [-0.15, -0.1) is 0 Å². The van der Waals surface area contributed by atoms with Gasteiger partial charge in [-0.3, -0.25) is 0 Å². The lowest BCUT2D eigenvalue weighted by molar-refractivity contribution is 0.403. The van der Waals surface area contributed by atoms with Crippen molar-refractivity contribution in [1.82, 2.24) is 0 Å². The maximum atomic E-state index is 5.16. The molecule has 0 bridgehead atoms. The van der Waals surface area contributed by atoms with Crippen LogP contribution in [0.3, 0.4) is 0 Å². The molecule has 3 heteroatoms. The molecular weight excluding hydrogens is 220 g/mol. The van der Waals surface area contributed by atoms with E-state index in [1.807, 2.05) is 18.2 Å². The van der Waals surface area contributed by atoms with Crippen LogP contribution < -0.4 is 4.74 Å². The molecule has 1 atom stereocenters. The Kier molecular flexibility index (Phi) is 2.07. The summed E-state index contributed by atoms with van der Waals surface area (Å²) < 4.78 is 11.3. The van der Waals surface area contributed by atoms with Gasteiger partial charge in [0.1, 0.15) is 11.9 Å². The van der Waals surface area contributed by atoms with Gasteiger partial charge in [-0.05, 0) is 33.6 Å². The summed E-state index contributed by atoms with van der Waals surface area (Å²) in [6.07, 6.45) is 0.298. The van der Waals surface area contributed by atoms with Gasteiger partial charge in [0.25, 0.3) is 0 Å². The summed E-state index contributed by atoms with van der Waals surface area (Å²) in [4.78, 5) is 0. The molecule has 1 aliphatic heterocycles. The normalized spacial score (nSPS) is 20.7. The number of methoxy groups -OCH3 is 1. The van der Waals surface area contributed by atoms with Crippen LogP contribution in [-0.2, 0) is 4.74 Å².